The van der Waals surface area contributed by atoms with E-state index in [1.165, 1.54) is 30.1 Å². The van der Waals surface area contributed by atoms with E-state index in [9.17, 15) is 5.11 Å². The zero-order chi connectivity index (χ0) is 11.2. The molecule has 0 aromatic rings. The maximum atomic E-state index is 9.37. The van der Waals surface area contributed by atoms with E-state index in [0.717, 1.165) is 29.7 Å². The molecule has 2 heterocycles. The Hall–Kier alpha value is 0.610. The van der Waals surface area contributed by atoms with Gasteiger partial charge in [0.15, 0.2) is 6.73 Å². The summed E-state index contributed by atoms with van der Waals surface area (Å²) in [7, 11) is 0. The molecule has 3 fully saturated rings. The van der Waals surface area contributed by atoms with Gasteiger partial charge in [-0.05, 0) is 12.8 Å². The molecule has 0 spiro atoms. The van der Waals surface area contributed by atoms with Crippen molar-refractivity contribution >= 4 is 22.6 Å². The monoisotopic (exact) mass is 338 g/mol. The van der Waals surface area contributed by atoms with Gasteiger partial charge in [0.25, 0.3) is 0 Å². The van der Waals surface area contributed by atoms with Crippen LogP contribution < -0.4 is 0 Å². The highest BCUT2D eigenvalue weighted by molar-refractivity contribution is 14.1. The van der Waals surface area contributed by atoms with Crippen molar-refractivity contribution in [2.45, 2.75) is 43.9 Å². The van der Waals surface area contributed by atoms with Crippen LogP contribution in [-0.4, -0.2) is 52.1 Å². The highest BCUT2D eigenvalue weighted by atomic mass is 127. The largest absolute Gasteiger partial charge is 0.391 e. The van der Waals surface area contributed by atoms with E-state index < -0.39 is 0 Å². The van der Waals surface area contributed by atoms with Gasteiger partial charge in [-0.2, -0.15) is 0 Å². The lowest BCUT2D eigenvalue weighted by atomic mass is 9.83. The molecule has 2 aliphatic heterocycles. The number of quaternary nitrogens is 1. The fourth-order valence-electron chi connectivity index (χ4n) is 4.43. The van der Waals surface area contributed by atoms with Gasteiger partial charge in [0.2, 0.25) is 0 Å². The second kappa shape index (κ2) is 4.37. The minimum absolute atomic E-state index is 0.312. The number of halogens is 1. The van der Waals surface area contributed by atoms with Gasteiger partial charge in [-0.15, -0.1) is 0 Å². The first kappa shape index (κ1) is 11.7. The Morgan fingerprint density at radius 3 is 3.00 bits per heavy atom. The van der Waals surface area contributed by atoms with Crippen molar-refractivity contribution in [3.63, 3.8) is 0 Å². The summed E-state index contributed by atoms with van der Waals surface area (Å²) in [6.07, 6.45) is 5.86. The number of aliphatic hydroxyl groups is 1. The first-order valence-electron chi connectivity index (χ1n) is 6.46. The van der Waals surface area contributed by atoms with Gasteiger partial charge < -0.3 is 9.84 Å². The molecule has 16 heavy (non-hydrogen) atoms. The topological polar surface area (TPSA) is 29.5 Å². The molecule has 5 unspecified atom stereocenters. The Morgan fingerprint density at radius 2 is 2.25 bits per heavy atom. The van der Waals surface area contributed by atoms with Crippen molar-refractivity contribution in [2.24, 2.45) is 5.92 Å². The summed E-state index contributed by atoms with van der Waals surface area (Å²) in [5, 5.41) is 9.37. The van der Waals surface area contributed by atoms with Crippen LogP contribution in [0.5, 0.6) is 0 Å². The lowest BCUT2D eigenvalue weighted by molar-refractivity contribution is -0.956. The van der Waals surface area contributed by atoms with Crippen molar-refractivity contribution < 1.29 is 14.3 Å². The van der Waals surface area contributed by atoms with Crippen molar-refractivity contribution in [1.82, 2.24) is 0 Å². The zero-order valence-electron chi connectivity index (χ0n) is 9.65. The molecule has 0 amide bonds. The van der Waals surface area contributed by atoms with Crippen LogP contribution in [0.25, 0.3) is 0 Å². The minimum atomic E-state index is 0.312. The predicted molar refractivity (Wildman–Crippen MR) is 70.4 cm³/mol. The maximum absolute atomic E-state index is 9.37. The Labute approximate surface area is 111 Å². The number of aliphatic hydroxyl groups excluding tert-OH is 1. The lowest BCUT2D eigenvalue weighted by Crippen LogP contribution is -2.58. The third kappa shape index (κ3) is 1.49. The number of rotatable bonds is 3. The van der Waals surface area contributed by atoms with Crippen LogP contribution in [0.3, 0.4) is 0 Å². The number of hydrogen-bond acceptors (Lipinski definition) is 2. The predicted octanol–water partition coefficient (Wildman–Crippen LogP) is 1.53. The highest BCUT2D eigenvalue weighted by Gasteiger charge is 2.62. The fraction of sp³-hybridized carbons (Fsp3) is 1.00. The van der Waals surface area contributed by atoms with E-state index in [1.54, 1.807) is 0 Å². The van der Waals surface area contributed by atoms with Gasteiger partial charge in [-0.25, -0.2) is 0 Å². The van der Waals surface area contributed by atoms with Crippen molar-refractivity contribution in [1.29, 1.82) is 0 Å². The molecular formula is C12H21INO2+. The summed E-state index contributed by atoms with van der Waals surface area (Å²) in [5.41, 5.74) is 0. The molecule has 2 saturated heterocycles. The molecule has 3 nitrogen and oxygen atoms in total. The molecule has 3 rings (SSSR count). The van der Waals surface area contributed by atoms with E-state index in [-0.39, 0.29) is 0 Å². The Morgan fingerprint density at radius 1 is 1.38 bits per heavy atom. The first-order chi connectivity index (χ1) is 7.81. The van der Waals surface area contributed by atoms with E-state index in [4.69, 9.17) is 4.74 Å². The molecule has 1 N–H and O–H groups in total. The molecule has 92 valence electrons. The van der Waals surface area contributed by atoms with E-state index in [1.807, 2.05) is 0 Å². The smallest absolute Gasteiger partial charge is 0.184 e. The molecule has 1 aliphatic carbocycles. The van der Waals surface area contributed by atoms with Gasteiger partial charge in [0, 0.05) is 12.3 Å². The van der Waals surface area contributed by atoms with Gasteiger partial charge >= 0.3 is 0 Å². The van der Waals surface area contributed by atoms with E-state index in [0.29, 0.717) is 18.8 Å². The van der Waals surface area contributed by atoms with Crippen LogP contribution in [0.15, 0.2) is 0 Å². The first-order valence-corrected chi connectivity index (χ1v) is 7.99. The van der Waals surface area contributed by atoms with Crippen LogP contribution in [0.4, 0.5) is 0 Å². The minimum Gasteiger partial charge on any atom is -0.391 e. The summed E-state index contributed by atoms with van der Waals surface area (Å²) in [6, 6.07) is 1.44. The van der Waals surface area contributed by atoms with Gasteiger partial charge in [-0.1, -0.05) is 29.0 Å². The lowest BCUT2D eigenvalue weighted by Gasteiger charge is -2.40. The third-order valence-corrected chi connectivity index (χ3v) is 6.06. The summed E-state index contributed by atoms with van der Waals surface area (Å²) in [6.45, 7) is 2.08. The molecule has 3 aliphatic rings. The normalized spacial score (nSPS) is 50.6. The zero-order valence-corrected chi connectivity index (χ0v) is 11.8. The molecule has 0 aromatic carbocycles. The highest BCUT2D eigenvalue weighted by Crippen LogP contribution is 2.49. The number of alkyl halides is 1. The molecule has 4 heteroatoms. The molecule has 0 bridgehead atoms. The van der Waals surface area contributed by atoms with Gasteiger partial charge in [0.1, 0.15) is 24.7 Å². The van der Waals surface area contributed by atoms with Gasteiger partial charge in [0.05, 0.1) is 11.0 Å². The quantitative estimate of drug-likeness (QED) is 0.480. The van der Waals surface area contributed by atoms with Crippen LogP contribution >= 0.6 is 22.6 Å². The molecule has 1 saturated carbocycles. The molecular weight excluding hydrogens is 317 g/mol. The number of nitrogens with zero attached hydrogens (tertiary/aromatic N) is 1. The Balaban J connectivity index is 1.92. The van der Waals surface area contributed by atoms with Crippen molar-refractivity contribution in [3.05, 3.63) is 0 Å². The van der Waals surface area contributed by atoms with Crippen LogP contribution in [0.1, 0.15) is 25.7 Å². The molecule has 5 atom stereocenters. The number of ether oxygens (including phenoxy) is 1. The SMILES string of the molecule is OCC[N+]12COC3CCCC(CC1CI)C32. The van der Waals surface area contributed by atoms with Crippen molar-refractivity contribution in [2.75, 3.05) is 24.3 Å². The van der Waals surface area contributed by atoms with Crippen LogP contribution in [0.2, 0.25) is 0 Å². The Bertz CT molecular complexity index is 276. The summed E-state index contributed by atoms with van der Waals surface area (Å²) in [5.74, 6) is 0.868. The standard InChI is InChI=1S/C12H21INO2/c13-7-10-6-9-2-1-3-11-12(9)14(10,4-5-15)8-16-11/h9-12,15H,1-8H2/q+1. The van der Waals surface area contributed by atoms with Crippen molar-refractivity contribution in [3.8, 4) is 0 Å². The van der Waals surface area contributed by atoms with Gasteiger partial charge in [-0.3, -0.25) is 4.48 Å². The Kier molecular flexibility index (Phi) is 3.19. The average molecular weight is 338 g/mol. The summed E-state index contributed by atoms with van der Waals surface area (Å²) < 4.78 is 8.32. The summed E-state index contributed by atoms with van der Waals surface area (Å²) in [4.78, 5) is 0. The third-order valence-electron chi connectivity index (χ3n) is 5.05. The summed E-state index contributed by atoms with van der Waals surface area (Å²) >= 11 is 2.52. The fourth-order valence-corrected chi connectivity index (χ4v) is 5.57. The van der Waals surface area contributed by atoms with Crippen LogP contribution in [-0.2, 0) is 4.74 Å². The second-order valence-electron chi connectivity index (χ2n) is 5.61. The number of hydrogen-bond donors (Lipinski definition) is 1. The molecule has 0 radical (unpaired) electrons. The molecule has 0 aromatic heterocycles. The second-order valence-corrected chi connectivity index (χ2v) is 6.49. The van der Waals surface area contributed by atoms with E-state index in [2.05, 4.69) is 22.6 Å². The van der Waals surface area contributed by atoms with Crippen LogP contribution in [0, 0.1) is 5.92 Å². The average Bonchev–Trinajstić information content (AvgIpc) is 2.82. The van der Waals surface area contributed by atoms with E-state index >= 15 is 0 Å². The maximum Gasteiger partial charge on any atom is 0.184 e.